The molecule has 112 valence electrons. The van der Waals surface area contributed by atoms with Crippen molar-refractivity contribution in [3.63, 3.8) is 0 Å². The molecule has 0 aromatic rings. The summed E-state index contributed by atoms with van der Waals surface area (Å²) in [7, 11) is 0. The Morgan fingerprint density at radius 3 is 2.47 bits per heavy atom. The van der Waals surface area contributed by atoms with Crippen LogP contribution in [0.15, 0.2) is 0 Å². The quantitative estimate of drug-likeness (QED) is 0.784. The number of carbonyl (C=O) groups is 1. The summed E-state index contributed by atoms with van der Waals surface area (Å²) < 4.78 is 38.1. The van der Waals surface area contributed by atoms with Gasteiger partial charge in [-0.2, -0.15) is 13.2 Å². The molecule has 1 N–H and O–H groups in total. The van der Waals surface area contributed by atoms with Crippen LogP contribution >= 0.6 is 11.6 Å². The Morgan fingerprint density at radius 1 is 1.32 bits per heavy atom. The van der Waals surface area contributed by atoms with Crippen LogP contribution in [0.25, 0.3) is 0 Å². The SMILES string of the molecule is CC(C)(CCCl)NC(=O)C1CCCC(C(F)(F)F)C1. The van der Waals surface area contributed by atoms with Crippen molar-refractivity contribution in [2.45, 2.75) is 57.7 Å². The molecule has 0 aromatic heterocycles. The van der Waals surface area contributed by atoms with Crippen LogP contribution in [0.5, 0.6) is 0 Å². The largest absolute Gasteiger partial charge is 0.391 e. The third kappa shape index (κ3) is 5.21. The van der Waals surface area contributed by atoms with E-state index in [4.69, 9.17) is 11.6 Å². The first-order valence-electron chi connectivity index (χ1n) is 6.60. The zero-order valence-electron chi connectivity index (χ0n) is 11.3. The van der Waals surface area contributed by atoms with Gasteiger partial charge in [0.25, 0.3) is 0 Å². The highest BCUT2D eigenvalue weighted by molar-refractivity contribution is 6.17. The van der Waals surface area contributed by atoms with E-state index in [-0.39, 0.29) is 18.7 Å². The minimum atomic E-state index is -4.19. The summed E-state index contributed by atoms with van der Waals surface area (Å²) >= 11 is 5.64. The summed E-state index contributed by atoms with van der Waals surface area (Å²) in [4.78, 5) is 12.0. The summed E-state index contributed by atoms with van der Waals surface area (Å²) in [5.74, 6) is -1.74. The van der Waals surface area contributed by atoms with E-state index in [0.29, 0.717) is 25.1 Å². The highest BCUT2D eigenvalue weighted by atomic mass is 35.5. The summed E-state index contributed by atoms with van der Waals surface area (Å²) in [6.07, 6.45) is -2.56. The summed E-state index contributed by atoms with van der Waals surface area (Å²) in [6, 6.07) is 0. The van der Waals surface area contributed by atoms with Crippen molar-refractivity contribution in [2.75, 3.05) is 5.88 Å². The lowest BCUT2D eigenvalue weighted by molar-refractivity contribution is -0.186. The molecular formula is C13H21ClF3NO. The van der Waals surface area contributed by atoms with Gasteiger partial charge >= 0.3 is 6.18 Å². The van der Waals surface area contributed by atoms with E-state index in [0.717, 1.165) is 0 Å². The number of hydrogen-bond acceptors (Lipinski definition) is 1. The molecule has 0 aromatic carbocycles. The van der Waals surface area contributed by atoms with Crippen LogP contribution in [0.2, 0.25) is 0 Å². The molecule has 6 heteroatoms. The number of hydrogen-bond donors (Lipinski definition) is 1. The molecule has 1 aliphatic carbocycles. The van der Waals surface area contributed by atoms with Gasteiger partial charge in [-0.1, -0.05) is 6.42 Å². The number of halogens is 4. The summed E-state index contributed by atoms with van der Waals surface area (Å²) in [6.45, 7) is 3.66. The smallest absolute Gasteiger partial charge is 0.351 e. The minimum absolute atomic E-state index is 0.0910. The molecule has 0 aliphatic heterocycles. The van der Waals surface area contributed by atoms with Crippen molar-refractivity contribution < 1.29 is 18.0 Å². The van der Waals surface area contributed by atoms with Crippen LogP contribution in [0.4, 0.5) is 13.2 Å². The molecule has 1 aliphatic rings. The molecule has 2 nitrogen and oxygen atoms in total. The summed E-state index contributed by atoms with van der Waals surface area (Å²) in [5, 5.41) is 2.81. The molecule has 1 saturated carbocycles. The third-order valence-corrected chi connectivity index (χ3v) is 3.88. The standard InChI is InChI=1S/C13H21ClF3NO/c1-12(2,6-7-14)18-11(19)9-4-3-5-10(8-9)13(15,16)17/h9-10H,3-8H2,1-2H3,(H,18,19). The van der Waals surface area contributed by atoms with E-state index in [9.17, 15) is 18.0 Å². The number of rotatable bonds is 4. The second-order valence-electron chi connectivity index (χ2n) is 5.91. The first kappa shape index (κ1) is 16.6. The molecule has 1 amide bonds. The van der Waals surface area contributed by atoms with Crippen LogP contribution < -0.4 is 5.32 Å². The molecule has 0 radical (unpaired) electrons. The van der Waals surface area contributed by atoms with Crippen molar-refractivity contribution in [3.05, 3.63) is 0 Å². The monoisotopic (exact) mass is 299 g/mol. The van der Waals surface area contributed by atoms with Gasteiger partial charge in [-0.15, -0.1) is 11.6 Å². The lowest BCUT2D eigenvalue weighted by Gasteiger charge is -2.33. The van der Waals surface area contributed by atoms with Gasteiger partial charge in [-0.25, -0.2) is 0 Å². The molecule has 1 fully saturated rings. The van der Waals surface area contributed by atoms with E-state index >= 15 is 0 Å². The van der Waals surface area contributed by atoms with Gasteiger partial charge in [0.1, 0.15) is 0 Å². The predicted octanol–water partition coefficient (Wildman–Crippen LogP) is 3.88. The predicted molar refractivity (Wildman–Crippen MR) is 69.1 cm³/mol. The van der Waals surface area contributed by atoms with Gasteiger partial charge < -0.3 is 5.32 Å². The Kier molecular flexibility index (Phi) is 5.53. The van der Waals surface area contributed by atoms with E-state index in [1.165, 1.54) is 0 Å². The number of nitrogens with one attached hydrogen (secondary N) is 1. The Bertz CT molecular complexity index is 318. The fraction of sp³-hybridized carbons (Fsp3) is 0.923. The van der Waals surface area contributed by atoms with Crippen LogP contribution in [0.1, 0.15) is 46.0 Å². The third-order valence-electron chi connectivity index (χ3n) is 3.69. The summed E-state index contributed by atoms with van der Waals surface area (Å²) in [5.41, 5.74) is -0.468. The maximum atomic E-state index is 12.7. The molecular weight excluding hydrogens is 279 g/mol. The zero-order chi connectivity index (χ0) is 14.7. The van der Waals surface area contributed by atoms with Crippen LogP contribution in [0, 0.1) is 11.8 Å². The average Bonchev–Trinajstić information content (AvgIpc) is 2.27. The van der Waals surface area contributed by atoms with Crippen LogP contribution in [0.3, 0.4) is 0 Å². The maximum absolute atomic E-state index is 12.7. The van der Waals surface area contributed by atoms with Gasteiger partial charge in [0.15, 0.2) is 0 Å². The first-order valence-corrected chi connectivity index (χ1v) is 7.14. The second kappa shape index (κ2) is 6.33. The number of alkyl halides is 4. The van der Waals surface area contributed by atoms with Gasteiger partial charge in [0.2, 0.25) is 5.91 Å². The fourth-order valence-electron chi connectivity index (χ4n) is 2.46. The van der Waals surface area contributed by atoms with Crippen molar-refractivity contribution in [2.24, 2.45) is 11.8 Å². The van der Waals surface area contributed by atoms with Crippen LogP contribution in [-0.4, -0.2) is 23.5 Å². The number of carbonyl (C=O) groups excluding carboxylic acids is 1. The molecule has 2 atom stereocenters. The molecule has 0 heterocycles. The van der Waals surface area contributed by atoms with Crippen molar-refractivity contribution in [1.82, 2.24) is 5.32 Å². The highest BCUT2D eigenvalue weighted by Gasteiger charge is 2.43. The molecule has 0 bridgehead atoms. The van der Waals surface area contributed by atoms with E-state index < -0.39 is 23.6 Å². The minimum Gasteiger partial charge on any atom is -0.351 e. The van der Waals surface area contributed by atoms with Crippen LogP contribution in [-0.2, 0) is 4.79 Å². The Labute approximate surface area is 117 Å². The van der Waals surface area contributed by atoms with E-state index in [2.05, 4.69) is 5.32 Å². The second-order valence-corrected chi connectivity index (χ2v) is 6.29. The molecule has 0 spiro atoms. The lowest BCUT2D eigenvalue weighted by atomic mass is 9.80. The van der Waals surface area contributed by atoms with Gasteiger partial charge in [0, 0.05) is 17.3 Å². The van der Waals surface area contributed by atoms with Crippen molar-refractivity contribution >= 4 is 17.5 Å². The number of amides is 1. The Balaban J connectivity index is 2.58. The van der Waals surface area contributed by atoms with Crippen molar-refractivity contribution in [1.29, 1.82) is 0 Å². The molecule has 19 heavy (non-hydrogen) atoms. The van der Waals surface area contributed by atoms with Gasteiger partial charge in [-0.05, 0) is 39.5 Å². The fourth-order valence-corrected chi connectivity index (χ4v) is 2.93. The Morgan fingerprint density at radius 2 is 1.95 bits per heavy atom. The first-order chi connectivity index (χ1) is 8.65. The maximum Gasteiger partial charge on any atom is 0.391 e. The van der Waals surface area contributed by atoms with E-state index in [1.807, 2.05) is 13.8 Å². The highest BCUT2D eigenvalue weighted by Crippen LogP contribution is 2.40. The topological polar surface area (TPSA) is 29.1 Å². The van der Waals surface area contributed by atoms with E-state index in [1.54, 1.807) is 0 Å². The molecule has 0 saturated heterocycles. The normalized spacial score (nSPS) is 25.2. The zero-order valence-corrected chi connectivity index (χ0v) is 12.1. The van der Waals surface area contributed by atoms with Gasteiger partial charge in [0.05, 0.1) is 5.92 Å². The Hall–Kier alpha value is -0.450. The molecule has 2 unspecified atom stereocenters. The average molecular weight is 300 g/mol. The van der Waals surface area contributed by atoms with Crippen molar-refractivity contribution in [3.8, 4) is 0 Å². The molecule has 1 rings (SSSR count). The van der Waals surface area contributed by atoms with Gasteiger partial charge in [-0.3, -0.25) is 4.79 Å². The lowest BCUT2D eigenvalue weighted by Crippen LogP contribution is -2.47.